The molecule has 1 aliphatic rings. The Balaban J connectivity index is 1.85. The molecule has 2 rings (SSSR count). The molecule has 0 radical (unpaired) electrons. The van der Waals surface area contributed by atoms with Crippen molar-refractivity contribution in [3.8, 4) is 5.75 Å². The van der Waals surface area contributed by atoms with Gasteiger partial charge in [-0.15, -0.1) is 0 Å². The highest BCUT2D eigenvalue weighted by atomic mass is 16.3. The van der Waals surface area contributed by atoms with Crippen LogP contribution in [0.5, 0.6) is 5.75 Å². The van der Waals surface area contributed by atoms with Gasteiger partial charge in [-0.2, -0.15) is 0 Å². The molecule has 0 aliphatic heterocycles. The van der Waals surface area contributed by atoms with Crippen LogP contribution in [0.4, 0.5) is 0 Å². The Morgan fingerprint density at radius 3 is 2.58 bits per heavy atom. The van der Waals surface area contributed by atoms with Crippen molar-refractivity contribution in [3.05, 3.63) is 29.8 Å². The van der Waals surface area contributed by atoms with Crippen molar-refractivity contribution in [1.29, 1.82) is 0 Å². The van der Waals surface area contributed by atoms with Crippen LogP contribution in [0.1, 0.15) is 24.8 Å². The quantitative estimate of drug-likeness (QED) is 0.845. The zero-order valence-corrected chi connectivity index (χ0v) is 11.4. The van der Waals surface area contributed by atoms with E-state index in [4.69, 9.17) is 5.73 Å². The predicted octanol–water partition coefficient (Wildman–Crippen LogP) is 1.52. The van der Waals surface area contributed by atoms with E-state index >= 15 is 0 Å². The smallest absolute Gasteiger partial charge is 0.239 e. The first-order chi connectivity index (χ1) is 9.06. The number of hydrogen-bond acceptors (Lipinski definition) is 3. The van der Waals surface area contributed by atoms with Gasteiger partial charge in [-0.25, -0.2) is 0 Å². The molecule has 4 nitrogen and oxygen atoms in total. The molecule has 1 fully saturated rings. The van der Waals surface area contributed by atoms with E-state index in [1.165, 1.54) is 19.3 Å². The lowest BCUT2D eigenvalue weighted by atomic mass is 9.85. The molecule has 1 aliphatic carbocycles. The summed E-state index contributed by atoms with van der Waals surface area (Å²) in [6.07, 6.45) is 4.25. The highest BCUT2D eigenvalue weighted by Crippen LogP contribution is 2.26. The number of phenols is 1. The second kappa shape index (κ2) is 6.06. The van der Waals surface area contributed by atoms with Gasteiger partial charge in [0.05, 0.1) is 6.04 Å². The second-order valence-corrected chi connectivity index (χ2v) is 5.49. The lowest BCUT2D eigenvalue weighted by molar-refractivity contribution is -0.132. The zero-order valence-electron chi connectivity index (χ0n) is 11.4. The van der Waals surface area contributed by atoms with Crippen molar-refractivity contribution in [2.24, 2.45) is 11.7 Å². The third kappa shape index (κ3) is 3.70. The van der Waals surface area contributed by atoms with E-state index in [0.29, 0.717) is 12.3 Å². The van der Waals surface area contributed by atoms with Gasteiger partial charge in [0, 0.05) is 13.6 Å². The molecule has 3 N–H and O–H groups in total. The Morgan fingerprint density at radius 1 is 1.42 bits per heavy atom. The summed E-state index contributed by atoms with van der Waals surface area (Å²) in [5.41, 5.74) is 6.94. The summed E-state index contributed by atoms with van der Waals surface area (Å²) in [7, 11) is 1.83. The molecule has 104 valence electrons. The van der Waals surface area contributed by atoms with Crippen molar-refractivity contribution in [1.82, 2.24) is 4.90 Å². The number of nitrogens with two attached hydrogens (primary N) is 1. The molecule has 1 saturated carbocycles. The number of carbonyl (C=O) groups excluding carboxylic acids is 1. The minimum atomic E-state index is -0.505. The van der Waals surface area contributed by atoms with E-state index in [9.17, 15) is 9.90 Å². The number of nitrogens with zero attached hydrogens (tertiary/aromatic N) is 1. The number of phenolic OH excluding ortho intramolecular Hbond substituents is 1. The van der Waals surface area contributed by atoms with Gasteiger partial charge in [0.1, 0.15) is 5.75 Å². The normalized spacial score (nSPS) is 16.7. The van der Waals surface area contributed by atoms with Crippen LogP contribution in [0.25, 0.3) is 0 Å². The number of carbonyl (C=O) groups is 1. The summed E-state index contributed by atoms with van der Waals surface area (Å²) < 4.78 is 0. The van der Waals surface area contributed by atoms with E-state index in [-0.39, 0.29) is 11.7 Å². The number of aromatic hydroxyl groups is 1. The lowest BCUT2D eigenvalue weighted by Crippen LogP contribution is -2.45. The molecule has 1 aromatic carbocycles. The van der Waals surface area contributed by atoms with Crippen LogP contribution < -0.4 is 5.73 Å². The van der Waals surface area contributed by atoms with Crippen LogP contribution in [0, 0.1) is 5.92 Å². The molecule has 1 amide bonds. The first-order valence-electron chi connectivity index (χ1n) is 6.84. The van der Waals surface area contributed by atoms with Gasteiger partial charge in [0.25, 0.3) is 0 Å². The van der Waals surface area contributed by atoms with Crippen molar-refractivity contribution in [2.45, 2.75) is 31.7 Å². The van der Waals surface area contributed by atoms with Crippen molar-refractivity contribution in [2.75, 3.05) is 13.6 Å². The van der Waals surface area contributed by atoms with Crippen LogP contribution in [0.3, 0.4) is 0 Å². The third-order valence-corrected chi connectivity index (χ3v) is 3.84. The van der Waals surface area contributed by atoms with Gasteiger partial charge in [-0.05, 0) is 42.9 Å². The van der Waals surface area contributed by atoms with Crippen LogP contribution in [0.2, 0.25) is 0 Å². The molecule has 0 spiro atoms. The monoisotopic (exact) mass is 262 g/mol. The van der Waals surface area contributed by atoms with Gasteiger partial charge < -0.3 is 15.7 Å². The Kier molecular flexibility index (Phi) is 4.43. The number of amides is 1. The highest BCUT2D eigenvalue weighted by Gasteiger charge is 2.24. The number of likely N-dealkylation sites (N-methyl/N-ethyl adjacent to an activating group) is 1. The summed E-state index contributed by atoms with van der Waals surface area (Å²) in [6, 6.07) is 6.33. The molecule has 19 heavy (non-hydrogen) atoms. The summed E-state index contributed by atoms with van der Waals surface area (Å²) in [4.78, 5) is 13.9. The number of rotatable bonds is 5. The molecule has 0 aromatic heterocycles. The summed E-state index contributed by atoms with van der Waals surface area (Å²) in [5.74, 6) is 0.889. The average molecular weight is 262 g/mol. The van der Waals surface area contributed by atoms with Crippen molar-refractivity contribution in [3.63, 3.8) is 0 Å². The Bertz CT molecular complexity index is 426. The fourth-order valence-corrected chi connectivity index (χ4v) is 2.41. The highest BCUT2D eigenvalue weighted by molar-refractivity contribution is 5.81. The average Bonchev–Trinajstić information content (AvgIpc) is 2.35. The molecular weight excluding hydrogens is 240 g/mol. The Hall–Kier alpha value is -1.55. The lowest BCUT2D eigenvalue weighted by Gasteiger charge is -2.31. The minimum Gasteiger partial charge on any atom is -0.508 e. The van der Waals surface area contributed by atoms with Crippen molar-refractivity contribution >= 4 is 5.91 Å². The van der Waals surface area contributed by atoms with E-state index < -0.39 is 6.04 Å². The Morgan fingerprint density at radius 2 is 2.05 bits per heavy atom. The fraction of sp³-hybridized carbons (Fsp3) is 0.533. The molecular formula is C15H22N2O2. The van der Waals surface area contributed by atoms with Crippen LogP contribution in [-0.2, 0) is 11.2 Å². The van der Waals surface area contributed by atoms with Gasteiger partial charge in [-0.1, -0.05) is 18.6 Å². The molecule has 0 unspecified atom stereocenters. The maximum atomic E-state index is 12.1. The van der Waals surface area contributed by atoms with E-state index in [1.807, 2.05) is 7.05 Å². The fourth-order valence-electron chi connectivity index (χ4n) is 2.41. The topological polar surface area (TPSA) is 66.6 Å². The summed E-state index contributed by atoms with van der Waals surface area (Å²) in [6.45, 7) is 0.822. The largest absolute Gasteiger partial charge is 0.508 e. The zero-order chi connectivity index (χ0) is 13.8. The van der Waals surface area contributed by atoms with Gasteiger partial charge in [0.2, 0.25) is 5.91 Å². The van der Waals surface area contributed by atoms with Crippen LogP contribution in [-0.4, -0.2) is 35.5 Å². The van der Waals surface area contributed by atoms with Crippen LogP contribution in [0.15, 0.2) is 24.3 Å². The second-order valence-electron chi connectivity index (χ2n) is 5.49. The molecule has 0 heterocycles. The number of hydrogen-bond donors (Lipinski definition) is 2. The van der Waals surface area contributed by atoms with E-state index in [2.05, 4.69) is 0 Å². The van der Waals surface area contributed by atoms with Gasteiger partial charge in [0.15, 0.2) is 0 Å². The third-order valence-electron chi connectivity index (χ3n) is 3.84. The first kappa shape index (κ1) is 13.9. The Labute approximate surface area is 114 Å². The molecule has 0 bridgehead atoms. The maximum Gasteiger partial charge on any atom is 0.239 e. The SMILES string of the molecule is CN(CC1CCC1)C(=O)[C@H](N)Cc1ccc(O)cc1. The molecule has 4 heteroatoms. The van der Waals surface area contributed by atoms with E-state index in [1.54, 1.807) is 29.2 Å². The molecule has 1 aromatic rings. The predicted molar refractivity (Wildman–Crippen MR) is 74.8 cm³/mol. The van der Waals surface area contributed by atoms with Gasteiger partial charge >= 0.3 is 0 Å². The summed E-state index contributed by atoms with van der Waals surface area (Å²) >= 11 is 0. The van der Waals surface area contributed by atoms with Crippen molar-refractivity contribution < 1.29 is 9.90 Å². The number of benzene rings is 1. The standard InChI is InChI=1S/C15H22N2O2/c1-17(10-12-3-2-4-12)15(19)14(16)9-11-5-7-13(18)8-6-11/h5-8,12,14,18H,2-4,9-10,16H2,1H3/t14-/m1/s1. The first-order valence-corrected chi connectivity index (χ1v) is 6.84. The van der Waals surface area contributed by atoms with E-state index in [0.717, 1.165) is 12.1 Å². The van der Waals surface area contributed by atoms with Gasteiger partial charge in [-0.3, -0.25) is 4.79 Å². The molecule has 0 saturated heterocycles. The summed E-state index contributed by atoms with van der Waals surface area (Å²) in [5, 5.41) is 9.21. The maximum absolute atomic E-state index is 12.1. The molecule has 1 atom stereocenters. The van der Waals surface area contributed by atoms with Crippen LogP contribution >= 0.6 is 0 Å². The minimum absolute atomic E-state index is 0.0000231.